The topological polar surface area (TPSA) is 67.6 Å². The predicted octanol–water partition coefficient (Wildman–Crippen LogP) is 1.58. The lowest BCUT2D eigenvalue weighted by Gasteiger charge is -2.22. The van der Waals surface area contributed by atoms with E-state index in [9.17, 15) is 4.79 Å². The van der Waals surface area contributed by atoms with E-state index in [0.29, 0.717) is 35.6 Å². The predicted molar refractivity (Wildman–Crippen MR) is 76.3 cm³/mol. The number of ether oxygens (including phenoxy) is 1. The second-order valence-electron chi connectivity index (χ2n) is 4.71. The number of nitrogens with one attached hydrogen (secondary N) is 1. The average molecular weight is 284 g/mol. The fourth-order valence-corrected chi connectivity index (χ4v) is 2.24. The molecule has 6 heteroatoms. The number of nitrogens with zero attached hydrogens (tertiary/aromatic N) is 1. The van der Waals surface area contributed by atoms with Crippen LogP contribution in [0.15, 0.2) is 18.2 Å². The molecule has 3 N–H and O–H groups in total. The van der Waals surface area contributed by atoms with Gasteiger partial charge in [0.25, 0.3) is 0 Å². The van der Waals surface area contributed by atoms with Crippen LogP contribution in [0.3, 0.4) is 0 Å². The van der Waals surface area contributed by atoms with Crippen molar-refractivity contribution in [2.75, 3.05) is 37.9 Å². The van der Waals surface area contributed by atoms with Gasteiger partial charge in [-0.05, 0) is 31.7 Å². The van der Waals surface area contributed by atoms with Crippen LogP contribution in [0.2, 0.25) is 5.02 Å². The molecule has 0 spiro atoms. The van der Waals surface area contributed by atoms with Crippen LogP contribution < -0.4 is 11.1 Å². The summed E-state index contributed by atoms with van der Waals surface area (Å²) in [5.74, 6) is -0.0941. The molecule has 0 aromatic heterocycles. The van der Waals surface area contributed by atoms with Crippen molar-refractivity contribution in [2.24, 2.45) is 0 Å². The number of carbonyl (C=O) groups excluding carboxylic acids is 1. The lowest BCUT2D eigenvalue weighted by molar-refractivity contribution is -0.117. The first-order chi connectivity index (χ1) is 9.06. The molecule has 0 saturated carbocycles. The first-order valence-electron chi connectivity index (χ1n) is 6.19. The van der Waals surface area contributed by atoms with Crippen LogP contribution in [0.1, 0.15) is 6.42 Å². The Morgan fingerprint density at radius 2 is 2.42 bits per heavy atom. The molecule has 0 bridgehead atoms. The van der Waals surface area contributed by atoms with Crippen LogP contribution in [0, 0.1) is 0 Å². The zero-order chi connectivity index (χ0) is 13.8. The molecule has 0 aliphatic carbocycles. The Bertz CT molecular complexity index is 461. The number of nitrogens with two attached hydrogens (primary N) is 1. The zero-order valence-electron chi connectivity index (χ0n) is 10.9. The van der Waals surface area contributed by atoms with Crippen molar-refractivity contribution in [1.29, 1.82) is 0 Å². The first kappa shape index (κ1) is 14.1. The van der Waals surface area contributed by atoms with Crippen molar-refractivity contribution in [3.8, 4) is 0 Å². The number of rotatable bonds is 4. The molecule has 1 saturated heterocycles. The number of hydrogen-bond acceptors (Lipinski definition) is 4. The smallest absolute Gasteiger partial charge is 0.238 e. The Balaban J connectivity index is 1.89. The van der Waals surface area contributed by atoms with E-state index < -0.39 is 0 Å². The van der Waals surface area contributed by atoms with Crippen LogP contribution in [0.4, 0.5) is 11.4 Å². The highest BCUT2D eigenvalue weighted by Crippen LogP contribution is 2.22. The second kappa shape index (κ2) is 6.23. The summed E-state index contributed by atoms with van der Waals surface area (Å²) in [4.78, 5) is 13.9. The number of amides is 1. The summed E-state index contributed by atoms with van der Waals surface area (Å²) in [7, 11) is 1.92. The minimum Gasteiger partial charge on any atom is -0.397 e. The lowest BCUT2D eigenvalue weighted by Crippen LogP contribution is -2.38. The molecule has 1 aliphatic heterocycles. The minimum atomic E-state index is -0.0941. The SMILES string of the molecule is CN(CC(=O)Nc1ccc(Cl)cc1N)C1CCOC1. The van der Waals surface area contributed by atoms with Crippen LogP contribution in [0.25, 0.3) is 0 Å². The molecular weight excluding hydrogens is 266 g/mol. The fourth-order valence-electron chi connectivity index (χ4n) is 2.06. The second-order valence-corrected chi connectivity index (χ2v) is 5.15. The van der Waals surface area contributed by atoms with Crippen LogP contribution in [0.5, 0.6) is 0 Å². The third-order valence-corrected chi connectivity index (χ3v) is 3.44. The molecule has 104 valence electrons. The number of likely N-dealkylation sites (N-methyl/N-ethyl adjacent to an activating group) is 1. The maximum atomic E-state index is 11.9. The van der Waals surface area contributed by atoms with Gasteiger partial charge >= 0.3 is 0 Å². The van der Waals surface area contributed by atoms with Gasteiger partial charge in [-0.25, -0.2) is 0 Å². The fraction of sp³-hybridized carbons (Fsp3) is 0.462. The molecule has 1 atom stereocenters. The van der Waals surface area contributed by atoms with Gasteiger partial charge < -0.3 is 15.8 Å². The van der Waals surface area contributed by atoms with Crippen molar-refractivity contribution in [1.82, 2.24) is 4.90 Å². The highest BCUT2D eigenvalue weighted by Gasteiger charge is 2.21. The van der Waals surface area contributed by atoms with E-state index in [1.54, 1.807) is 18.2 Å². The molecule has 1 fully saturated rings. The molecule has 1 amide bonds. The number of halogens is 1. The number of carbonyl (C=O) groups is 1. The number of benzene rings is 1. The van der Waals surface area contributed by atoms with E-state index >= 15 is 0 Å². The van der Waals surface area contributed by atoms with E-state index in [2.05, 4.69) is 5.32 Å². The Kier molecular flexibility index (Phi) is 4.63. The number of hydrogen-bond donors (Lipinski definition) is 2. The molecule has 2 rings (SSSR count). The lowest BCUT2D eigenvalue weighted by atomic mass is 10.2. The van der Waals surface area contributed by atoms with Gasteiger partial charge in [-0.1, -0.05) is 11.6 Å². The normalized spacial score (nSPS) is 18.8. The Morgan fingerprint density at radius 1 is 1.63 bits per heavy atom. The van der Waals surface area contributed by atoms with Gasteiger partial charge in [0.15, 0.2) is 0 Å². The molecular formula is C13H18ClN3O2. The first-order valence-corrected chi connectivity index (χ1v) is 6.57. The van der Waals surface area contributed by atoms with Crippen LogP contribution in [-0.2, 0) is 9.53 Å². The van der Waals surface area contributed by atoms with Gasteiger partial charge in [0, 0.05) is 17.7 Å². The maximum Gasteiger partial charge on any atom is 0.238 e. The summed E-state index contributed by atoms with van der Waals surface area (Å²) in [6, 6.07) is 5.33. The van der Waals surface area contributed by atoms with E-state index in [-0.39, 0.29) is 5.91 Å². The van der Waals surface area contributed by atoms with Gasteiger partial charge in [0.1, 0.15) is 0 Å². The van der Waals surface area contributed by atoms with E-state index in [1.807, 2.05) is 11.9 Å². The van der Waals surface area contributed by atoms with Crippen LogP contribution >= 0.6 is 11.6 Å². The number of anilines is 2. The van der Waals surface area contributed by atoms with E-state index in [4.69, 9.17) is 22.1 Å². The highest BCUT2D eigenvalue weighted by atomic mass is 35.5. The van der Waals surface area contributed by atoms with Gasteiger partial charge in [-0.3, -0.25) is 9.69 Å². The van der Waals surface area contributed by atoms with Crippen LogP contribution in [-0.4, -0.2) is 43.7 Å². The summed E-state index contributed by atoms with van der Waals surface area (Å²) in [6.45, 7) is 1.77. The van der Waals surface area contributed by atoms with Crippen molar-refractivity contribution < 1.29 is 9.53 Å². The summed E-state index contributed by atoms with van der Waals surface area (Å²) < 4.78 is 5.30. The van der Waals surface area contributed by atoms with Gasteiger partial charge in [0.2, 0.25) is 5.91 Å². The van der Waals surface area contributed by atoms with Gasteiger partial charge in [0.05, 0.1) is 24.5 Å². The van der Waals surface area contributed by atoms with Crippen molar-refractivity contribution >= 4 is 28.9 Å². The molecule has 1 aromatic rings. The molecule has 5 nitrogen and oxygen atoms in total. The minimum absolute atomic E-state index is 0.0941. The third kappa shape index (κ3) is 3.83. The summed E-state index contributed by atoms with van der Waals surface area (Å²) in [6.07, 6.45) is 0.965. The summed E-state index contributed by atoms with van der Waals surface area (Å²) in [5, 5.41) is 3.34. The Labute approximate surface area is 117 Å². The quantitative estimate of drug-likeness (QED) is 0.824. The highest BCUT2D eigenvalue weighted by molar-refractivity contribution is 6.31. The molecule has 1 heterocycles. The van der Waals surface area contributed by atoms with Crippen molar-refractivity contribution in [3.05, 3.63) is 23.2 Å². The monoisotopic (exact) mass is 283 g/mol. The number of nitrogen functional groups attached to an aromatic ring is 1. The molecule has 19 heavy (non-hydrogen) atoms. The maximum absolute atomic E-state index is 11.9. The van der Waals surface area contributed by atoms with Crippen molar-refractivity contribution in [3.63, 3.8) is 0 Å². The van der Waals surface area contributed by atoms with Gasteiger partial charge in [-0.2, -0.15) is 0 Å². The van der Waals surface area contributed by atoms with E-state index in [1.165, 1.54) is 0 Å². The zero-order valence-corrected chi connectivity index (χ0v) is 11.6. The largest absolute Gasteiger partial charge is 0.397 e. The molecule has 1 aliphatic rings. The third-order valence-electron chi connectivity index (χ3n) is 3.21. The Hall–Kier alpha value is -1.30. The van der Waals surface area contributed by atoms with Crippen molar-refractivity contribution in [2.45, 2.75) is 12.5 Å². The Morgan fingerprint density at radius 3 is 3.05 bits per heavy atom. The van der Waals surface area contributed by atoms with Gasteiger partial charge in [-0.15, -0.1) is 0 Å². The molecule has 0 radical (unpaired) electrons. The standard InChI is InChI=1S/C13H18ClN3O2/c1-17(10-4-5-19-8-10)7-13(18)16-12-3-2-9(14)6-11(12)15/h2-3,6,10H,4-5,7-8,15H2,1H3,(H,16,18). The van der Waals surface area contributed by atoms with E-state index in [0.717, 1.165) is 13.0 Å². The molecule has 1 unspecified atom stereocenters. The molecule has 1 aromatic carbocycles. The average Bonchev–Trinajstić information content (AvgIpc) is 2.86. The summed E-state index contributed by atoms with van der Waals surface area (Å²) >= 11 is 5.81. The summed E-state index contributed by atoms with van der Waals surface area (Å²) in [5.41, 5.74) is 6.84.